The molecule has 0 unspecified atom stereocenters. The largest absolute Gasteiger partial charge is 0.271 e. The van der Waals surface area contributed by atoms with Crippen molar-refractivity contribution in [1.82, 2.24) is 35.4 Å². The molecule has 9 nitrogen and oxygen atoms in total. The van der Waals surface area contributed by atoms with Crippen LogP contribution in [0.3, 0.4) is 0 Å². The quantitative estimate of drug-likeness (QED) is 0.410. The fourth-order valence-corrected chi connectivity index (χ4v) is 2.58. The van der Waals surface area contributed by atoms with Gasteiger partial charge in [0, 0.05) is 17.3 Å². The van der Waals surface area contributed by atoms with Crippen LogP contribution in [0.25, 0.3) is 5.69 Å². The molecular formula is C19H16N8O. The maximum Gasteiger partial charge on any atom is 0.271 e. The zero-order valence-corrected chi connectivity index (χ0v) is 14.8. The Morgan fingerprint density at radius 1 is 1.11 bits per heavy atom. The monoisotopic (exact) mass is 372 g/mol. The van der Waals surface area contributed by atoms with E-state index in [0.29, 0.717) is 12.1 Å². The topological polar surface area (TPSA) is 103 Å². The highest BCUT2D eigenvalue weighted by molar-refractivity contribution is 5.95. The van der Waals surface area contributed by atoms with Gasteiger partial charge in [0.05, 0.1) is 24.6 Å². The molecule has 2 heterocycles. The molecular weight excluding hydrogens is 356 g/mol. The number of nitrogens with zero attached hydrogens (tertiary/aromatic N) is 7. The molecule has 0 aliphatic carbocycles. The summed E-state index contributed by atoms with van der Waals surface area (Å²) in [6, 6.07) is 16.9. The highest BCUT2D eigenvalue weighted by Gasteiger charge is 2.05. The summed E-state index contributed by atoms with van der Waals surface area (Å²) in [5.74, 6) is -0.309. The van der Waals surface area contributed by atoms with E-state index in [0.717, 1.165) is 16.8 Å². The fourth-order valence-electron chi connectivity index (χ4n) is 2.58. The first-order valence-electron chi connectivity index (χ1n) is 8.51. The second-order valence-electron chi connectivity index (χ2n) is 5.96. The Labute approximate surface area is 160 Å². The summed E-state index contributed by atoms with van der Waals surface area (Å²) in [4.78, 5) is 12.2. The predicted octanol–water partition coefficient (Wildman–Crippen LogP) is 1.67. The van der Waals surface area contributed by atoms with Gasteiger partial charge in [0.1, 0.15) is 6.33 Å². The lowest BCUT2D eigenvalue weighted by Gasteiger charge is -2.02. The number of benzene rings is 2. The number of hydrazone groups is 1. The normalized spacial score (nSPS) is 11.0. The van der Waals surface area contributed by atoms with E-state index in [4.69, 9.17) is 0 Å². The van der Waals surface area contributed by atoms with E-state index in [1.165, 1.54) is 11.0 Å². The zero-order chi connectivity index (χ0) is 19.2. The Kier molecular flexibility index (Phi) is 4.96. The molecule has 0 fully saturated rings. The van der Waals surface area contributed by atoms with Gasteiger partial charge in [-0.1, -0.05) is 30.3 Å². The number of hydrogen-bond donors (Lipinski definition) is 1. The second-order valence-corrected chi connectivity index (χ2v) is 5.96. The van der Waals surface area contributed by atoms with Gasteiger partial charge in [-0.25, -0.2) is 10.1 Å². The smallest absolute Gasteiger partial charge is 0.268 e. The van der Waals surface area contributed by atoms with Gasteiger partial charge in [0.2, 0.25) is 0 Å². The third kappa shape index (κ3) is 4.15. The molecule has 1 amide bonds. The number of amides is 1. The third-order valence-corrected chi connectivity index (χ3v) is 3.96. The summed E-state index contributed by atoms with van der Waals surface area (Å²) in [7, 11) is 0. The van der Waals surface area contributed by atoms with E-state index in [-0.39, 0.29) is 5.91 Å². The van der Waals surface area contributed by atoms with Crippen molar-refractivity contribution in [2.75, 3.05) is 0 Å². The van der Waals surface area contributed by atoms with Crippen LogP contribution in [0.4, 0.5) is 0 Å². The predicted molar refractivity (Wildman–Crippen MR) is 102 cm³/mol. The first-order valence-corrected chi connectivity index (χ1v) is 8.51. The van der Waals surface area contributed by atoms with Gasteiger partial charge in [-0.05, 0) is 40.3 Å². The number of carbonyl (C=O) groups is 1. The van der Waals surface area contributed by atoms with Crippen molar-refractivity contribution in [3.05, 3.63) is 90.0 Å². The van der Waals surface area contributed by atoms with Crippen LogP contribution in [0.2, 0.25) is 0 Å². The van der Waals surface area contributed by atoms with Crippen molar-refractivity contribution in [3.63, 3.8) is 0 Å². The number of carbonyl (C=O) groups excluding carboxylic acids is 1. The molecule has 138 valence electrons. The molecule has 0 aliphatic heterocycles. The SMILES string of the molecule is O=C(N/N=C\c1cnn(Cc2ccccc2)c1)c1ccc(-n2cnnn2)cc1. The van der Waals surface area contributed by atoms with Crippen LogP contribution in [-0.2, 0) is 6.54 Å². The van der Waals surface area contributed by atoms with E-state index in [2.05, 4.69) is 31.2 Å². The Balaban J connectivity index is 1.34. The van der Waals surface area contributed by atoms with Gasteiger partial charge in [0.25, 0.3) is 5.91 Å². The molecule has 1 N–H and O–H groups in total. The fraction of sp³-hybridized carbons (Fsp3) is 0.0526. The van der Waals surface area contributed by atoms with Crippen LogP contribution < -0.4 is 5.43 Å². The van der Waals surface area contributed by atoms with Crippen LogP contribution in [-0.4, -0.2) is 42.1 Å². The first kappa shape index (κ1) is 17.3. The number of hydrogen-bond acceptors (Lipinski definition) is 6. The molecule has 28 heavy (non-hydrogen) atoms. The molecule has 0 bridgehead atoms. The van der Waals surface area contributed by atoms with Crippen LogP contribution in [0.15, 0.2) is 78.4 Å². The van der Waals surface area contributed by atoms with Crippen LogP contribution in [0.1, 0.15) is 21.5 Å². The minimum absolute atomic E-state index is 0.309. The number of nitrogens with one attached hydrogen (secondary N) is 1. The summed E-state index contributed by atoms with van der Waals surface area (Å²) in [5.41, 5.74) is 5.70. The minimum atomic E-state index is -0.309. The Morgan fingerprint density at radius 3 is 2.68 bits per heavy atom. The van der Waals surface area contributed by atoms with E-state index < -0.39 is 0 Å². The van der Waals surface area contributed by atoms with Crippen molar-refractivity contribution >= 4 is 12.1 Å². The van der Waals surface area contributed by atoms with Crippen molar-refractivity contribution in [1.29, 1.82) is 0 Å². The highest BCUT2D eigenvalue weighted by atomic mass is 16.2. The summed E-state index contributed by atoms with van der Waals surface area (Å²) in [6.45, 7) is 0.675. The highest BCUT2D eigenvalue weighted by Crippen LogP contribution is 2.08. The zero-order valence-electron chi connectivity index (χ0n) is 14.8. The number of rotatable bonds is 6. The number of aromatic nitrogens is 6. The van der Waals surface area contributed by atoms with Gasteiger partial charge in [-0.15, -0.1) is 5.10 Å². The number of tetrazole rings is 1. The lowest BCUT2D eigenvalue weighted by Crippen LogP contribution is -2.17. The van der Waals surface area contributed by atoms with Gasteiger partial charge in [0.15, 0.2) is 0 Å². The van der Waals surface area contributed by atoms with Crippen LogP contribution in [0, 0.1) is 0 Å². The maximum absolute atomic E-state index is 12.2. The third-order valence-electron chi connectivity index (χ3n) is 3.96. The minimum Gasteiger partial charge on any atom is -0.268 e. The van der Waals surface area contributed by atoms with Gasteiger partial charge < -0.3 is 0 Å². The Hall–Kier alpha value is -4.14. The Morgan fingerprint density at radius 2 is 1.93 bits per heavy atom. The maximum atomic E-state index is 12.2. The summed E-state index contributed by atoms with van der Waals surface area (Å²) in [6.07, 6.45) is 6.60. The van der Waals surface area contributed by atoms with Crippen molar-refractivity contribution < 1.29 is 4.79 Å². The van der Waals surface area contributed by atoms with E-state index >= 15 is 0 Å². The Bertz CT molecular complexity index is 1070. The standard InChI is InChI=1S/C19H16N8O/c28-19(17-6-8-18(9-7-17)27-14-21-24-25-27)23-20-10-16-11-22-26(13-16)12-15-4-2-1-3-5-15/h1-11,13-14H,12H2,(H,23,28)/b20-10-. The van der Waals surface area contributed by atoms with E-state index in [1.807, 2.05) is 41.2 Å². The second kappa shape index (κ2) is 8.04. The first-order chi connectivity index (χ1) is 13.8. The molecule has 9 heteroatoms. The molecule has 2 aromatic heterocycles. The molecule has 2 aromatic carbocycles. The molecule has 0 spiro atoms. The summed E-state index contributed by atoms with van der Waals surface area (Å²) < 4.78 is 3.32. The lowest BCUT2D eigenvalue weighted by molar-refractivity contribution is 0.0955. The molecule has 4 aromatic rings. The van der Waals surface area contributed by atoms with Gasteiger partial charge in [-0.2, -0.15) is 10.2 Å². The lowest BCUT2D eigenvalue weighted by atomic mass is 10.2. The van der Waals surface area contributed by atoms with Crippen LogP contribution in [0.5, 0.6) is 0 Å². The average molecular weight is 372 g/mol. The molecule has 0 radical (unpaired) electrons. The van der Waals surface area contributed by atoms with Gasteiger partial charge >= 0.3 is 0 Å². The molecule has 0 aliphatic rings. The molecule has 4 rings (SSSR count). The average Bonchev–Trinajstić information content (AvgIpc) is 3.41. The van der Waals surface area contributed by atoms with Crippen molar-refractivity contribution in [2.45, 2.75) is 6.54 Å². The summed E-state index contributed by atoms with van der Waals surface area (Å²) >= 11 is 0. The summed E-state index contributed by atoms with van der Waals surface area (Å²) in [5, 5.41) is 19.2. The van der Waals surface area contributed by atoms with E-state index in [9.17, 15) is 4.79 Å². The van der Waals surface area contributed by atoms with Crippen molar-refractivity contribution in [2.24, 2.45) is 5.10 Å². The van der Waals surface area contributed by atoms with Gasteiger partial charge in [-0.3, -0.25) is 9.48 Å². The van der Waals surface area contributed by atoms with E-state index in [1.54, 1.807) is 36.7 Å². The van der Waals surface area contributed by atoms with Crippen LogP contribution >= 0.6 is 0 Å². The molecule has 0 saturated heterocycles. The van der Waals surface area contributed by atoms with Crippen molar-refractivity contribution in [3.8, 4) is 5.69 Å². The molecule has 0 saturated carbocycles. The molecule has 0 atom stereocenters.